The molecular formula is C20H25Cl2N3O5S. The van der Waals surface area contributed by atoms with E-state index in [1.54, 1.807) is 24.5 Å². The number of hydrogen-bond acceptors (Lipinski definition) is 7. The van der Waals surface area contributed by atoms with Crippen molar-refractivity contribution in [3.63, 3.8) is 0 Å². The number of alkyl halides is 1. The van der Waals surface area contributed by atoms with Crippen molar-refractivity contribution in [3.8, 4) is 11.8 Å². The third kappa shape index (κ3) is 7.92. The van der Waals surface area contributed by atoms with Crippen molar-refractivity contribution in [3.05, 3.63) is 46.7 Å². The summed E-state index contributed by atoms with van der Waals surface area (Å²) in [5, 5.41) is 0.330. The largest absolute Gasteiger partial charge is 0.484 e. The summed E-state index contributed by atoms with van der Waals surface area (Å²) in [6.45, 7) is 3.83. The van der Waals surface area contributed by atoms with Gasteiger partial charge in [-0.15, -0.1) is 11.6 Å². The molecular weight excluding hydrogens is 465 g/mol. The number of nitrogens with zero attached hydrogens (tertiary/aromatic N) is 2. The predicted octanol–water partition coefficient (Wildman–Crippen LogP) is 2.96. The third-order valence-electron chi connectivity index (χ3n) is 4.43. The second kappa shape index (κ2) is 11.1. The molecule has 0 aliphatic rings. The summed E-state index contributed by atoms with van der Waals surface area (Å²) in [6.07, 6.45) is 5.10. The molecule has 0 saturated carbocycles. The van der Waals surface area contributed by atoms with Gasteiger partial charge in [0.1, 0.15) is 12.4 Å². The van der Waals surface area contributed by atoms with Crippen molar-refractivity contribution in [2.45, 2.75) is 25.7 Å². The van der Waals surface area contributed by atoms with Gasteiger partial charge in [-0.25, -0.2) is 23.1 Å². The van der Waals surface area contributed by atoms with Crippen LogP contribution in [0.2, 0.25) is 5.02 Å². The van der Waals surface area contributed by atoms with E-state index in [1.807, 2.05) is 19.9 Å². The molecule has 2 aromatic rings. The summed E-state index contributed by atoms with van der Waals surface area (Å²) >= 11 is 12.0. The van der Waals surface area contributed by atoms with Gasteiger partial charge in [0, 0.05) is 23.7 Å². The van der Waals surface area contributed by atoms with Crippen LogP contribution in [-0.2, 0) is 20.2 Å². The number of carbonyl (C=O) groups excluding carboxylic acids is 1. The van der Waals surface area contributed by atoms with E-state index in [0.717, 1.165) is 17.4 Å². The molecule has 0 unspecified atom stereocenters. The Balaban J connectivity index is 2.04. The van der Waals surface area contributed by atoms with Gasteiger partial charge in [0.25, 0.3) is 0 Å². The minimum absolute atomic E-state index is 0.293. The van der Waals surface area contributed by atoms with Gasteiger partial charge in [0.15, 0.2) is 5.78 Å². The van der Waals surface area contributed by atoms with Gasteiger partial charge in [0.2, 0.25) is 10.0 Å². The van der Waals surface area contributed by atoms with Crippen LogP contribution in [0.25, 0.3) is 0 Å². The van der Waals surface area contributed by atoms with Crippen LogP contribution in [0.4, 0.5) is 0 Å². The highest BCUT2D eigenvalue weighted by atomic mass is 35.5. The van der Waals surface area contributed by atoms with Crippen LogP contribution in [0.1, 0.15) is 31.4 Å². The summed E-state index contributed by atoms with van der Waals surface area (Å²) in [5.41, 5.74) is 1.31. The van der Waals surface area contributed by atoms with Crippen molar-refractivity contribution >= 4 is 39.0 Å². The fraction of sp³-hybridized carbons (Fsp3) is 0.450. The molecule has 8 nitrogen and oxygen atoms in total. The molecule has 0 atom stereocenters. The number of ether oxygens (including phenoxy) is 2. The molecule has 1 N–H and O–H groups in total. The Morgan fingerprint density at radius 3 is 2.42 bits per heavy atom. The number of sulfonamides is 1. The molecule has 1 aromatic heterocycles. The Morgan fingerprint density at radius 2 is 1.84 bits per heavy atom. The molecule has 0 radical (unpaired) electrons. The van der Waals surface area contributed by atoms with Gasteiger partial charge in [-0.1, -0.05) is 31.5 Å². The van der Waals surface area contributed by atoms with Crippen molar-refractivity contribution in [2.75, 3.05) is 31.9 Å². The second-order valence-corrected chi connectivity index (χ2v) is 9.95. The summed E-state index contributed by atoms with van der Waals surface area (Å²) in [6, 6.07) is 5.55. The lowest BCUT2D eigenvalue weighted by Crippen LogP contribution is -2.31. The predicted molar refractivity (Wildman–Crippen MR) is 120 cm³/mol. The van der Waals surface area contributed by atoms with E-state index >= 15 is 0 Å². The Labute approximate surface area is 192 Å². The quantitative estimate of drug-likeness (QED) is 0.360. The molecule has 0 spiro atoms. The van der Waals surface area contributed by atoms with E-state index in [9.17, 15) is 13.2 Å². The molecule has 31 heavy (non-hydrogen) atoms. The zero-order valence-electron chi connectivity index (χ0n) is 17.5. The fourth-order valence-corrected chi connectivity index (χ4v) is 3.29. The zero-order valence-corrected chi connectivity index (χ0v) is 19.9. The smallest absolute Gasteiger partial charge is 0.316 e. The monoisotopic (exact) mass is 489 g/mol. The highest BCUT2D eigenvalue weighted by molar-refractivity contribution is 7.88. The first-order valence-corrected chi connectivity index (χ1v) is 12.2. The maximum Gasteiger partial charge on any atom is 0.316 e. The first-order valence-electron chi connectivity index (χ1n) is 9.43. The molecule has 2 rings (SSSR count). The van der Waals surface area contributed by atoms with E-state index in [0.29, 0.717) is 35.7 Å². The SMILES string of the molecule is CC(C)(c1cnc(OCCCCl)nc1)c1ccc(OCC(=O)CNS(C)(=O)=O)c(Cl)c1. The molecule has 0 amide bonds. The number of hydrogen-bond donors (Lipinski definition) is 1. The maximum atomic E-state index is 11.8. The van der Waals surface area contributed by atoms with E-state index < -0.39 is 21.2 Å². The number of benzene rings is 1. The van der Waals surface area contributed by atoms with Crippen molar-refractivity contribution in [1.29, 1.82) is 0 Å². The average molecular weight is 490 g/mol. The van der Waals surface area contributed by atoms with Crippen LogP contribution < -0.4 is 14.2 Å². The Kier molecular flexibility index (Phi) is 9.05. The van der Waals surface area contributed by atoms with Crippen LogP contribution in [0, 0.1) is 0 Å². The number of halogens is 2. The molecule has 170 valence electrons. The number of rotatable bonds is 12. The van der Waals surface area contributed by atoms with Gasteiger partial charge in [-0.3, -0.25) is 4.79 Å². The summed E-state index contributed by atoms with van der Waals surface area (Å²) < 4.78 is 35.1. The molecule has 0 fully saturated rings. The molecule has 11 heteroatoms. The number of nitrogens with one attached hydrogen (secondary N) is 1. The first kappa shape index (κ1) is 25.3. The van der Waals surface area contributed by atoms with Crippen LogP contribution in [-0.4, -0.2) is 56.1 Å². The first-order chi connectivity index (χ1) is 14.5. The van der Waals surface area contributed by atoms with Crippen molar-refractivity contribution in [2.24, 2.45) is 0 Å². The van der Waals surface area contributed by atoms with E-state index in [-0.39, 0.29) is 13.2 Å². The lowest BCUT2D eigenvalue weighted by atomic mass is 9.79. The number of aromatic nitrogens is 2. The molecule has 1 aromatic carbocycles. The van der Waals surface area contributed by atoms with Crippen LogP contribution in [0.3, 0.4) is 0 Å². The number of Topliss-reactive ketones (excluding diaryl/α,β-unsaturated/α-hetero) is 1. The van der Waals surface area contributed by atoms with E-state index in [1.165, 1.54) is 0 Å². The summed E-state index contributed by atoms with van der Waals surface area (Å²) in [5.74, 6) is 0.418. The Hall–Kier alpha value is -1.94. The van der Waals surface area contributed by atoms with Crippen molar-refractivity contribution in [1.82, 2.24) is 14.7 Å². The van der Waals surface area contributed by atoms with Gasteiger partial charge in [-0.05, 0) is 29.7 Å². The number of carbonyl (C=O) groups is 1. The molecule has 0 aliphatic carbocycles. The summed E-state index contributed by atoms with van der Waals surface area (Å²) in [7, 11) is -3.44. The highest BCUT2D eigenvalue weighted by Crippen LogP contribution is 2.35. The second-order valence-electron chi connectivity index (χ2n) is 7.34. The fourth-order valence-electron chi connectivity index (χ4n) is 2.53. The average Bonchev–Trinajstić information content (AvgIpc) is 2.71. The molecule has 1 heterocycles. The zero-order chi connectivity index (χ0) is 23.1. The Morgan fingerprint density at radius 1 is 1.16 bits per heavy atom. The highest BCUT2D eigenvalue weighted by Gasteiger charge is 2.25. The maximum absolute atomic E-state index is 11.8. The minimum atomic E-state index is -3.44. The Bertz CT molecular complexity index is 998. The van der Waals surface area contributed by atoms with Crippen LogP contribution >= 0.6 is 23.2 Å². The van der Waals surface area contributed by atoms with Gasteiger partial charge in [-0.2, -0.15) is 0 Å². The molecule has 0 bridgehead atoms. The summed E-state index contributed by atoms with van der Waals surface area (Å²) in [4.78, 5) is 20.3. The number of ketones is 1. The van der Waals surface area contributed by atoms with Crippen LogP contribution in [0.15, 0.2) is 30.6 Å². The van der Waals surface area contributed by atoms with E-state index in [2.05, 4.69) is 14.7 Å². The van der Waals surface area contributed by atoms with Gasteiger partial charge in [0.05, 0.1) is 24.4 Å². The lowest BCUT2D eigenvalue weighted by molar-refractivity contribution is -0.119. The van der Waals surface area contributed by atoms with Crippen molar-refractivity contribution < 1.29 is 22.7 Å². The topological polar surface area (TPSA) is 107 Å². The standard InChI is InChI=1S/C20H25Cl2N3O5S/c1-20(2,15-10-23-19(24-11-15)29-8-4-7-21)14-5-6-18(17(22)9-14)30-13-16(26)12-25-31(3,27)28/h5-6,9-11,25H,4,7-8,12-13H2,1-3H3. The third-order valence-corrected chi connectivity index (χ3v) is 5.66. The van der Waals surface area contributed by atoms with Gasteiger partial charge < -0.3 is 9.47 Å². The van der Waals surface area contributed by atoms with Gasteiger partial charge >= 0.3 is 6.01 Å². The van der Waals surface area contributed by atoms with E-state index in [4.69, 9.17) is 32.7 Å². The molecule has 0 saturated heterocycles. The minimum Gasteiger partial charge on any atom is -0.484 e. The van der Waals surface area contributed by atoms with Crippen LogP contribution in [0.5, 0.6) is 11.8 Å². The normalized spacial score (nSPS) is 11.9. The lowest BCUT2D eigenvalue weighted by Gasteiger charge is -2.26. The molecule has 0 aliphatic heterocycles.